The lowest BCUT2D eigenvalue weighted by molar-refractivity contribution is 0.0950. The lowest BCUT2D eigenvalue weighted by atomic mass is 10.1. The van der Waals surface area contributed by atoms with E-state index in [0.29, 0.717) is 35.2 Å². The minimum Gasteiger partial charge on any atom is -0.497 e. The van der Waals surface area contributed by atoms with Gasteiger partial charge in [-0.05, 0) is 67.1 Å². The van der Waals surface area contributed by atoms with Crippen LogP contribution in [0.15, 0.2) is 66.7 Å². The van der Waals surface area contributed by atoms with E-state index in [0.717, 1.165) is 16.9 Å². The summed E-state index contributed by atoms with van der Waals surface area (Å²) < 4.78 is 16.7. The molecule has 0 atom stereocenters. The minimum absolute atomic E-state index is 0.165. The van der Waals surface area contributed by atoms with E-state index in [-0.39, 0.29) is 12.5 Å². The summed E-state index contributed by atoms with van der Waals surface area (Å²) >= 11 is 5.91. The molecular weight excluding hydrogens is 402 g/mol. The summed E-state index contributed by atoms with van der Waals surface area (Å²) in [7, 11) is 1.62. The van der Waals surface area contributed by atoms with Crippen LogP contribution in [0.2, 0.25) is 5.02 Å². The molecule has 0 radical (unpaired) electrons. The third-order valence-electron chi connectivity index (χ3n) is 4.44. The molecule has 3 aromatic rings. The van der Waals surface area contributed by atoms with Crippen molar-refractivity contribution in [3.63, 3.8) is 0 Å². The lowest BCUT2D eigenvalue weighted by Gasteiger charge is -2.14. The molecule has 6 heteroatoms. The Morgan fingerprint density at radius 3 is 2.30 bits per heavy atom. The van der Waals surface area contributed by atoms with Gasteiger partial charge < -0.3 is 19.5 Å². The highest BCUT2D eigenvalue weighted by molar-refractivity contribution is 6.30. The van der Waals surface area contributed by atoms with Crippen molar-refractivity contribution in [2.45, 2.75) is 20.1 Å². The molecule has 3 rings (SSSR count). The number of nitrogens with one attached hydrogen (secondary N) is 1. The fourth-order valence-corrected chi connectivity index (χ4v) is 2.98. The normalized spacial score (nSPS) is 10.4. The number of rotatable bonds is 9. The average molecular weight is 426 g/mol. The Morgan fingerprint density at radius 2 is 1.63 bits per heavy atom. The molecule has 0 aliphatic heterocycles. The van der Waals surface area contributed by atoms with Crippen molar-refractivity contribution in [2.24, 2.45) is 0 Å². The SMILES string of the molecule is CCOc1ccc(C(=O)NCc2ccc(OC)cc2)cc1COc1ccc(Cl)cc1. The monoisotopic (exact) mass is 425 g/mol. The molecule has 5 nitrogen and oxygen atoms in total. The number of amides is 1. The maximum atomic E-state index is 12.6. The Labute approximate surface area is 181 Å². The molecule has 0 saturated carbocycles. The zero-order valence-electron chi connectivity index (χ0n) is 17.0. The summed E-state index contributed by atoms with van der Waals surface area (Å²) in [5.74, 6) is 2.00. The van der Waals surface area contributed by atoms with Crippen molar-refractivity contribution in [2.75, 3.05) is 13.7 Å². The second-order valence-corrected chi connectivity index (χ2v) is 6.97. The van der Waals surface area contributed by atoms with Gasteiger partial charge in [0.25, 0.3) is 5.91 Å². The number of halogens is 1. The van der Waals surface area contributed by atoms with Gasteiger partial charge >= 0.3 is 0 Å². The van der Waals surface area contributed by atoms with Gasteiger partial charge in [0.1, 0.15) is 23.9 Å². The van der Waals surface area contributed by atoms with Crippen LogP contribution in [0, 0.1) is 0 Å². The van der Waals surface area contributed by atoms with E-state index in [1.54, 1.807) is 49.6 Å². The molecular formula is C24H24ClNO4. The van der Waals surface area contributed by atoms with Crippen LogP contribution in [0.3, 0.4) is 0 Å². The molecule has 0 aliphatic rings. The van der Waals surface area contributed by atoms with Crippen molar-refractivity contribution in [1.82, 2.24) is 5.32 Å². The van der Waals surface area contributed by atoms with Crippen LogP contribution in [0.1, 0.15) is 28.4 Å². The van der Waals surface area contributed by atoms with Gasteiger partial charge in [-0.2, -0.15) is 0 Å². The number of methoxy groups -OCH3 is 1. The van der Waals surface area contributed by atoms with Crippen molar-refractivity contribution in [3.8, 4) is 17.2 Å². The van der Waals surface area contributed by atoms with Gasteiger partial charge in [0, 0.05) is 22.7 Å². The molecule has 3 aromatic carbocycles. The first-order valence-corrected chi connectivity index (χ1v) is 10.0. The number of ether oxygens (including phenoxy) is 3. The van der Waals surface area contributed by atoms with Crippen LogP contribution in [0.5, 0.6) is 17.2 Å². The lowest BCUT2D eigenvalue weighted by Crippen LogP contribution is -2.23. The summed E-state index contributed by atoms with van der Waals surface area (Å²) in [4.78, 5) is 12.6. The topological polar surface area (TPSA) is 56.8 Å². The van der Waals surface area contributed by atoms with Gasteiger partial charge in [0.15, 0.2) is 0 Å². The first-order valence-electron chi connectivity index (χ1n) is 9.64. The van der Waals surface area contributed by atoms with Crippen molar-refractivity contribution in [3.05, 3.63) is 88.4 Å². The van der Waals surface area contributed by atoms with Crippen LogP contribution in [0.4, 0.5) is 0 Å². The smallest absolute Gasteiger partial charge is 0.251 e. The first kappa shape index (κ1) is 21.5. The largest absolute Gasteiger partial charge is 0.497 e. The molecule has 0 saturated heterocycles. The predicted octanol–water partition coefficient (Wildman–Crippen LogP) is 5.26. The van der Waals surface area contributed by atoms with E-state index in [4.69, 9.17) is 25.8 Å². The third kappa shape index (κ3) is 5.91. The zero-order valence-corrected chi connectivity index (χ0v) is 17.7. The van der Waals surface area contributed by atoms with Crippen molar-refractivity contribution < 1.29 is 19.0 Å². The van der Waals surface area contributed by atoms with Gasteiger partial charge in [-0.1, -0.05) is 23.7 Å². The summed E-state index contributed by atoms with van der Waals surface area (Å²) in [5.41, 5.74) is 2.33. The predicted molar refractivity (Wildman–Crippen MR) is 118 cm³/mol. The van der Waals surface area contributed by atoms with Crippen molar-refractivity contribution in [1.29, 1.82) is 0 Å². The Kier molecular flexibility index (Phi) is 7.57. The fraction of sp³-hybridized carbons (Fsp3) is 0.208. The number of hydrogen-bond donors (Lipinski definition) is 1. The molecule has 0 aliphatic carbocycles. The Balaban J connectivity index is 1.68. The van der Waals surface area contributed by atoms with Gasteiger partial charge in [0.2, 0.25) is 0 Å². The number of carbonyl (C=O) groups is 1. The maximum absolute atomic E-state index is 12.6. The summed E-state index contributed by atoms with van der Waals surface area (Å²) in [6.07, 6.45) is 0. The zero-order chi connectivity index (χ0) is 21.3. The van der Waals surface area contributed by atoms with Crippen LogP contribution in [0.25, 0.3) is 0 Å². The second-order valence-electron chi connectivity index (χ2n) is 6.53. The van der Waals surface area contributed by atoms with Crippen LogP contribution < -0.4 is 19.5 Å². The summed E-state index contributed by atoms with van der Waals surface area (Å²) in [5, 5.41) is 3.58. The highest BCUT2D eigenvalue weighted by Gasteiger charge is 2.12. The van der Waals surface area contributed by atoms with E-state index in [1.165, 1.54) is 0 Å². The molecule has 0 heterocycles. The average Bonchev–Trinajstić information content (AvgIpc) is 2.78. The van der Waals surface area contributed by atoms with Crippen molar-refractivity contribution >= 4 is 17.5 Å². The van der Waals surface area contributed by atoms with Gasteiger partial charge in [-0.25, -0.2) is 0 Å². The molecule has 0 fully saturated rings. The van der Waals surface area contributed by atoms with E-state index in [1.807, 2.05) is 31.2 Å². The first-order chi connectivity index (χ1) is 14.6. The molecule has 1 amide bonds. The van der Waals surface area contributed by atoms with Gasteiger partial charge in [-0.3, -0.25) is 4.79 Å². The number of carbonyl (C=O) groups excluding carboxylic acids is 1. The Bertz CT molecular complexity index is 972. The maximum Gasteiger partial charge on any atom is 0.251 e. The fourth-order valence-electron chi connectivity index (χ4n) is 2.85. The third-order valence-corrected chi connectivity index (χ3v) is 4.69. The highest BCUT2D eigenvalue weighted by Crippen LogP contribution is 2.24. The molecule has 0 aromatic heterocycles. The Morgan fingerprint density at radius 1 is 0.933 bits per heavy atom. The Hall–Kier alpha value is -3.18. The minimum atomic E-state index is -0.165. The molecule has 0 unspecified atom stereocenters. The standard InChI is InChI=1S/C24H24ClNO4/c1-3-29-23-13-6-18(14-19(23)16-30-22-11-7-20(25)8-12-22)24(27)26-15-17-4-9-21(28-2)10-5-17/h4-14H,3,15-16H2,1-2H3,(H,26,27). The molecule has 0 spiro atoms. The number of benzene rings is 3. The van der Waals surface area contributed by atoms with E-state index in [2.05, 4.69) is 5.32 Å². The highest BCUT2D eigenvalue weighted by atomic mass is 35.5. The van der Waals surface area contributed by atoms with E-state index >= 15 is 0 Å². The molecule has 30 heavy (non-hydrogen) atoms. The van der Waals surface area contributed by atoms with Crippen LogP contribution in [-0.4, -0.2) is 19.6 Å². The van der Waals surface area contributed by atoms with Gasteiger partial charge in [0.05, 0.1) is 13.7 Å². The van der Waals surface area contributed by atoms with Gasteiger partial charge in [-0.15, -0.1) is 0 Å². The van der Waals surface area contributed by atoms with Crippen LogP contribution in [-0.2, 0) is 13.2 Å². The number of hydrogen-bond acceptors (Lipinski definition) is 4. The molecule has 0 bridgehead atoms. The van der Waals surface area contributed by atoms with E-state index < -0.39 is 0 Å². The van der Waals surface area contributed by atoms with Crippen LogP contribution >= 0.6 is 11.6 Å². The summed E-state index contributed by atoms with van der Waals surface area (Å²) in [6.45, 7) is 3.14. The second kappa shape index (κ2) is 10.6. The quantitative estimate of drug-likeness (QED) is 0.508. The molecule has 1 N–H and O–H groups in total. The molecule has 156 valence electrons. The van der Waals surface area contributed by atoms with E-state index in [9.17, 15) is 4.79 Å². The summed E-state index contributed by atoms with van der Waals surface area (Å²) in [6, 6.07) is 20.0.